The molecule has 0 aliphatic carbocycles. The molecule has 0 atom stereocenters. The molecular formula is C19H30FIN6. The number of aryl methyl sites for hydroxylation is 2. The summed E-state index contributed by atoms with van der Waals surface area (Å²) in [6, 6.07) is 5.22. The molecule has 0 unspecified atom stereocenters. The van der Waals surface area contributed by atoms with E-state index in [2.05, 4.69) is 27.6 Å². The zero-order chi connectivity index (χ0) is 19.3. The van der Waals surface area contributed by atoms with Crippen LogP contribution in [-0.4, -0.2) is 36.4 Å². The molecule has 0 fully saturated rings. The summed E-state index contributed by atoms with van der Waals surface area (Å²) in [7, 11) is 5.59. The monoisotopic (exact) mass is 488 g/mol. The first-order chi connectivity index (χ1) is 12.3. The van der Waals surface area contributed by atoms with Crippen molar-refractivity contribution in [1.29, 1.82) is 0 Å². The maximum absolute atomic E-state index is 14.1. The SMILES string of the molecule is CCNC(=NCc1ccc(N(C)C)c(F)c1)NCc1c(C)nn(C)c1C.I. The summed E-state index contributed by atoms with van der Waals surface area (Å²) in [5.74, 6) is 0.467. The zero-order valence-corrected chi connectivity index (χ0v) is 19.3. The van der Waals surface area contributed by atoms with E-state index in [9.17, 15) is 4.39 Å². The van der Waals surface area contributed by atoms with E-state index in [-0.39, 0.29) is 29.8 Å². The quantitative estimate of drug-likeness (QED) is 0.373. The standard InChI is InChI=1S/C19H29FN6.HI/c1-7-21-19(23-12-16-13(2)24-26(6)14(16)3)22-11-15-8-9-18(25(4)5)17(20)10-15;/h8-10H,7,11-12H2,1-6H3,(H2,21,22,23);1H. The molecule has 1 aromatic carbocycles. The van der Waals surface area contributed by atoms with Crippen molar-refractivity contribution in [3.05, 3.63) is 46.5 Å². The number of aliphatic imine (C=N–C) groups is 1. The van der Waals surface area contributed by atoms with E-state index in [0.29, 0.717) is 24.7 Å². The number of aromatic nitrogens is 2. The fourth-order valence-corrected chi connectivity index (χ4v) is 2.77. The van der Waals surface area contributed by atoms with E-state index in [0.717, 1.165) is 23.5 Å². The summed E-state index contributed by atoms with van der Waals surface area (Å²) >= 11 is 0. The third kappa shape index (κ3) is 6.08. The van der Waals surface area contributed by atoms with Gasteiger partial charge >= 0.3 is 0 Å². The van der Waals surface area contributed by atoms with Crippen LogP contribution in [0.2, 0.25) is 0 Å². The first-order valence-electron chi connectivity index (χ1n) is 8.80. The largest absolute Gasteiger partial charge is 0.375 e. The Morgan fingerprint density at radius 2 is 1.96 bits per heavy atom. The Hall–Kier alpha value is -1.84. The Labute approximate surface area is 178 Å². The second-order valence-corrected chi connectivity index (χ2v) is 6.50. The number of anilines is 1. The molecule has 0 aliphatic rings. The van der Waals surface area contributed by atoms with E-state index < -0.39 is 0 Å². The normalized spacial score (nSPS) is 11.1. The van der Waals surface area contributed by atoms with Gasteiger partial charge in [-0.05, 0) is 38.5 Å². The van der Waals surface area contributed by atoms with Gasteiger partial charge in [0.05, 0.1) is 17.9 Å². The molecule has 150 valence electrons. The molecule has 2 aromatic rings. The molecule has 8 heteroatoms. The first-order valence-corrected chi connectivity index (χ1v) is 8.80. The van der Waals surface area contributed by atoms with E-state index in [4.69, 9.17) is 0 Å². The third-order valence-corrected chi connectivity index (χ3v) is 4.35. The highest BCUT2D eigenvalue weighted by molar-refractivity contribution is 14.0. The Balaban J connectivity index is 0.00000364. The number of nitrogens with one attached hydrogen (secondary N) is 2. The molecule has 27 heavy (non-hydrogen) atoms. The fourth-order valence-electron chi connectivity index (χ4n) is 2.77. The smallest absolute Gasteiger partial charge is 0.191 e. The van der Waals surface area contributed by atoms with Crippen molar-refractivity contribution in [3.63, 3.8) is 0 Å². The van der Waals surface area contributed by atoms with Crippen molar-refractivity contribution < 1.29 is 4.39 Å². The molecule has 1 heterocycles. The van der Waals surface area contributed by atoms with Gasteiger partial charge in [0.1, 0.15) is 5.82 Å². The average Bonchev–Trinajstić information content (AvgIpc) is 2.82. The number of nitrogens with zero attached hydrogens (tertiary/aromatic N) is 4. The van der Waals surface area contributed by atoms with Gasteiger partial charge in [-0.1, -0.05) is 6.07 Å². The highest BCUT2D eigenvalue weighted by Crippen LogP contribution is 2.18. The summed E-state index contributed by atoms with van der Waals surface area (Å²) in [6.07, 6.45) is 0. The highest BCUT2D eigenvalue weighted by atomic mass is 127. The maximum atomic E-state index is 14.1. The molecular weight excluding hydrogens is 458 g/mol. The van der Waals surface area contributed by atoms with Gasteiger partial charge < -0.3 is 15.5 Å². The minimum atomic E-state index is -0.234. The van der Waals surface area contributed by atoms with Gasteiger partial charge in [0.25, 0.3) is 0 Å². The number of hydrogen-bond acceptors (Lipinski definition) is 3. The highest BCUT2D eigenvalue weighted by Gasteiger charge is 2.10. The van der Waals surface area contributed by atoms with Gasteiger partial charge in [-0.25, -0.2) is 9.38 Å². The fraction of sp³-hybridized carbons (Fsp3) is 0.474. The van der Waals surface area contributed by atoms with Crippen LogP contribution in [0.1, 0.15) is 29.4 Å². The summed E-state index contributed by atoms with van der Waals surface area (Å²) in [4.78, 5) is 6.32. The van der Waals surface area contributed by atoms with Crippen molar-refractivity contribution in [2.24, 2.45) is 12.0 Å². The van der Waals surface area contributed by atoms with E-state index in [1.165, 1.54) is 11.6 Å². The Kier molecular flexibility index (Phi) is 9.01. The van der Waals surface area contributed by atoms with Crippen LogP contribution in [0.5, 0.6) is 0 Å². The minimum Gasteiger partial charge on any atom is -0.375 e. The number of halogens is 2. The number of benzene rings is 1. The molecule has 6 nitrogen and oxygen atoms in total. The van der Waals surface area contributed by atoms with Gasteiger partial charge in [-0.15, -0.1) is 24.0 Å². The van der Waals surface area contributed by atoms with Crippen molar-refractivity contribution in [2.45, 2.75) is 33.9 Å². The van der Waals surface area contributed by atoms with Gasteiger partial charge in [0.15, 0.2) is 5.96 Å². The van der Waals surface area contributed by atoms with Crippen LogP contribution in [0.4, 0.5) is 10.1 Å². The van der Waals surface area contributed by atoms with Crippen molar-refractivity contribution in [1.82, 2.24) is 20.4 Å². The zero-order valence-electron chi connectivity index (χ0n) is 16.9. The minimum absolute atomic E-state index is 0. The third-order valence-electron chi connectivity index (χ3n) is 4.35. The van der Waals surface area contributed by atoms with Crippen LogP contribution >= 0.6 is 24.0 Å². The molecule has 2 rings (SSSR count). The lowest BCUT2D eigenvalue weighted by Crippen LogP contribution is -2.37. The Bertz CT molecular complexity index is 785. The van der Waals surface area contributed by atoms with E-state index in [1.807, 2.05) is 45.7 Å². The second kappa shape index (κ2) is 10.5. The number of guanidine groups is 1. The molecule has 0 saturated heterocycles. The van der Waals surface area contributed by atoms with Gasteiger partial charge in [0, 0.05) is 45.5 Å². The van der Waals surface area contributed by atoms with Crippen molar-refractivity contribution in [3.8, 4) is 0 Å². The summed E-state index contributed by atoms with van der Waals surface area (Å²) in [6.45, 7) is 7.88. The molecule has 0 radical (unpaired) electrons. The van der Waals surface area contributed by atoms with Crippen LogP contribution in [0.25, 0.3) is 0 Å². The van der Waals surface area contributed by atoms with Gasteiger partial charge in [0.2, 0.25) is 0 Å². The van der Waals surface area contributed by atoms with E-state index >= 15 is 0 Å². The van der Waals surface area contributed by atoms with Crippen LogP contribution in [0.3, 0.4) is 0 Å². The molecule has 2 N–H and O–H groups in total. The van der Waals surface area contributed by atoms with Crippen LogP contribution < -0.4 is 15.5 Å². The Morgan fingerprint density at radius 3 is 2.48 bits per heavy atom. The molecule has 0 bridgehead atoms. The Morgan fingerprint density at radius 1 is 1.26 bits per heavy atom. The van der Waals surface area contributed by atoms with Gasteiger partial charge in [-0.3, -0.25) is 4.68 Å². The molecule has 1 aromatic heterocycles. The summed E-state index contributed by atoms with van der Waals surface area (Å²) in [5.41, 5.74) is 4.71. The second-order valence-electron chi connectivity index (χ2n) is 6.50. The average molecular weight is 488 g/mol. The topological polar surface area (TPSA) is 57.5 Å². The van der Waals surface area contributed by atoms with E-state index in [1.54, 1.807) is 11.0 Å². The number of hydrogen-bond donors (Lipinski definition) is 2. The van der Waals surface area contributed by atoms with Crippen LogP contribution in [0.15, 0.2) is 23.2 Å². The lowest BCUT2D eigenvalue weighted by molar-refractivity contribution is 0.624. The van der Waals surface area contributed by atoms with Gasteiger partial charge in [-0.2, -0.15) is 5.10 Å². The first kappa shape index (κ1) is 23.2. The lowest BCUT2D eigenvalue weighted by atomic mass is 10.2. The molecule has 0 aliphatic heterocycles. The van der Waals surface area contributed by atoms with Crippen LogP contribution in [0, 0.1) is 19.7 Å². The lowest BCUT2D eigenvalue weighted by Gasteiger charge is -2.14. The molecule has 0 saturated carbocycles. The van der Waals surface area contributed by atoms with Crippen molar-refractivity contribution >= 4 is 35.6 Å². The summed E-state index contributed by atoms with van der Waals surface area (Å²) in [5, 5.41) is 11.0. The predicted octanol–water partition coefficient (Wildman–Crippen LogP) is 3.12. The number of rotatable bonds is 6. The molecule has 0 amide bonds. The molecule has 0 spiro atoms. The van der Waals surface area contributed by atoms with Crippen molar-refractivity contribution in [2.75, 3.05) is 25.5 Å². The predicted molar refractivity (Wildman–Crippen MR) is 120 cm³/mol. The van der Waals surface area contributed by atoms with Crippen LogP contribution in [-0.2, 0) is 20.1 Å². The summed E-state index contributed by atoms with van der Waals surface area (Å²) < 4.78 is 16.0. The maximum Gasteiger partial charge on any atom is 0.191 e.